The first-order valence-corrected chi connectivity index (χ1v) is 5.01. The Labute approximate surface area is 92.0 Å². The topological polar surface area (TPSA) is 18.8 Å². The summed E-state index contributed by atoms with van der Waals surface area (Å²) in [6.45, 7) is 2.02. The zero-order chi connectivity index (χ0) is 11.4. The predicted molar refractivity (Wildman–Crippen MR) is 66.7 cm³/mol. The number of benzene rings is 1. The van der Waals surface area contributed by atoms with Crippen LogP contribution >= 0.6 is 0 Å². The fourth-order valence-corrected chi connectivity index (χ4v) is 1.36. The summed E-state index contributed by atoms with van der Waals surface area (Å²) >= 11 is 0. The Bertz CT molecular complexity index is 336. The molecule has 0 N–H and O–H groups in total. The summed E-state index contributed by atoms with van der Waals surface area (Å²) < 4.78 is 0. The molecule has 3 heteroatoms. The van der Waals surface area contributed by atoms with E-state index in [4.69, 9.17) is 0 Å². The molecule has 0 aliphatic heterocycles. The Morgan fingerprint density at radius 1 is 1.00 bits per heavy atom. The number of anilines is 1. The molecule has 15 heavy (non-hydrogen) atoms. The molecule has 0 aliphatic carbocycles. The van der Waals surface area contributed by atoms with Crippen LogP contribution in [-0.4, -0.2) is 38.9 Å². The van der Waals surface area contributed by atoms with E-state index < -0.39 is 0 Å². The first-order chi connectivity index (χ1) is 7.00. The molecule has 0 saturated heterocycles. The second kappa shape index (κ2) is 4.82. The molecule has 0 spiro atoms. The molecular formula is C12H19N3. The van der Waals surface area contributed by atoms with Crippen LogP contribution in [-0.2, 0) is 0 Å². The standard InChI is InChI=1S/C12H19N3/c1-10(13-15(4)5)11-6-8-12(9-7-11)14(2)3/h6-9H,1-5H3. The van der Waals surface area contributed by atoms with Crippen LogP contribution in [0.15, 0.2) is 29.4 Å². The maximum Gasteiger partial charge on any atom is 0.0646 e. The zero-order valence-electron chi connectivity index (χ0n) is 10.2. The second-order valence-electron chi connectivity index (χ2n) is 3.97. The van der Waals surface area contributed by atoms with Gasteiger partial charge in [0.15, 0.2) is 0 Å². The summed E-state index contributed by atoms with van der Waals surface area (Å²) in [7, 11) is 7.93. The normalized spacial score (nSPS) is 11.4. The van der Waals surface area contributed by atoms with Gasteiger partial charge in [0.2, 0.25) is 0 Å². The highest BCUT2D eigenvalue weighted by Crippen LogP contribution is 2.12. The number of hydrogen-bond donors (Lipinski definition) is 0. The van der Waals surface area contributed by atoms with Crippen LogP contribution in [0.25, 0.3) is 0 Å². The SMILES string of the molecule is CC(=NN(C)C)c1ccc(N(C)C)cc1. The maximum absolute atomic E-state index is 4.36. The molecule has 0 amide bonds. The monoisotopic (exact) mass is 205 g/mol. The average Bonchev–Trinajstić information content (AvgIpc) is 2.17. The van der Waals surface area contributed by atoms with E-state index in [1.165, 1.54) is 5.69 Å². The summed E-state index contributed by atoms with van der Waals surface area (Å²) in [5.41, 5.74) is 3.40. The highest BCUT2D eigenvalue weighted by atomic mass is 15.4. The molecule has 1 aromatic rings. The van der Waals surface area contributed by atoms with Crippen molar-refractivity contribution in [1.82, 2.24) is 5.01 Å². The lowest BCUT2D eigenvalue weighted by atomic mass is 10.1. The second-order valence-corrected chi connectivity index (χ2v) is 3.97. The van der Waals surface area contributed by atoms with Gasteiger partial charge < -0.3 is 9.91 Å². The van der Waals surface area contributed by atoms with Crippen LogP contribution in [0, 0.1) is 0 Å². The highest BCUT2D eigenvalue weighted by molar-refractivity contribution is 5.98. The molecule has 1 aromatic carbocycles. The van der Waals surface area contributed by atoms with Crippen molar-refractivity contribution in [2.24, 2.45) is 5.10 Å². The van der Waals surface area contributed by atoms with E-state index in [0.717, 1.165) is 11.3 Å². The lowest BCUT2D eigenvalue weighted by Gasteiger charge is -2.13. The number of hydrazone groups is 1. The lowest BCUT2D eigenvalue weighted by molar-refractivity contribution is 0.438. The average molecular weight is 205 g/mol. The molecule has 0 aliphatic rings. The van der Waals surface area contributed by atoms with E-state index in [1.54, 1.807) is 0 Å². The molecular weight excluding hydrogens is 186 g/mol. The Kier molecular flexibility index (Phi) is 3.72. The minimum atomic E-state index is 1.03. The minimum absolute atomic E-state index is 1.03. The molecule has 0 radical (unpaired) electrons. The van der Waals surface area contributed by atoms with Crippen LogP contribution in [0.5, 0.6) is 0 Å². The van der Waals surface area contributed by atoms with Crippen molar-refractivity contribution in [3.8, 4) is 0 Å². The van der Waals surface area contributed by atoms with Crippen molar-refractivity contribution >= 4 is 11.4 Å². The van der Waals surface area contributed by atoms with Gasteiger partial charge in [-0.1, -0.05) is 12.1 Å². The van der Waals surface area contributed by atoms with Crippen LogP contribution < -0.4 is 4.90 Å². The molecule has 0 unspecified atom stereocenters. The summed E-state index contributed by atoms with van der Waals surface area (Å²) in [6.07, 6.45) is 0. The predicted octanol–water partition coefficient (Wildman–Crippen LogP) is 2.04. The van der Waals surface area contributed by atoms with Crippen molar-refractivity contribution in [1.29, 1.82) is 0 Å². The molecule has 0 fully saturated rings. The van der Waals surface area contributed by atoms with Crippen molar-refractivity contribution in [3.05, 3.63) is 29.8 Å². The Morgan fingerprint density at radius 2 is 1.53 bits per heavy atom. The third kappa shape index (κ3) is 3.27. The quantitative estimate of drug-likeness (QED) is 0.555. The van der Waals surface area contributed by atoms with Gasteiger partial charge in [-0.15, -0.1) is 0 Å². The Balaban J connectivity index is 2.89. The van der Waals surface area contributed by atoms with Crippen molar-refractivity contribution in [2.45, 2.75) is 6.92 Å². The summed E-state index contributed by atoms with van der Waals surface area (Å²) in [5.74, 6) is 0. The van der Waals surface area contributed by atoms with Gasteiger partial charge in [-0.2, -0.15) is 5.10 Å². The molecule has 0 saturated carbocycles. The first-order valence-electron chi connectivity index (χ1n) is 5.01. The molecule has 82 valence electrons. The fourth-order valence-electron chi connectivity index (χ4n) is 1.36. The van der Waals surface area contributed by atoms with Gasteiger partial charge >= 0.3 is 0 Å². The largest absolute Gasteiger partial charge is 0.378 e. The number of rotatable bonds is 3. The molecule has 0 bridgehead atoms. The molecule has 0 heterocycles. The maximum atomic E-state index is 4.36. The van der Waals surface area contributed by atoms with Crippen LogP contribution in [0.3, 0.4) is 0 Å². The first kappa shape index (κ1) is 11.6. The van der Waals surface area contributed by atoms with E-state index >= 15 is 0 Å². The third-order valence-corrected chi connectivity index (χ3v) is 2.15. The van der Waals surface area contributed by atoms with E-state index in [9.17, 15) is 0 Å². The van der Waals surface area contributed by atoms with Gasteiger partial charge in [0.25, 0.3) is 0 Å². The van der Waals surface area contributed by atoms with Crippen LogP contribution in [0.1, 0.15) is 12.5 Å². The van der Waals surface area contributed by atoms with E-state index in [1.807, 2.05) is 40.1 Å². The zero-order valence-corrected chi connectivity index (χ0v) is 10.2. The van der Waals surface area contributed by atoms with Gasteiger partial charge in [-0.05, 0) is 24.6 Å². The fraction of sp³-hybridized carbons (Fsp3) is 0.417. The van der Waals surface area contributed by atoms with Crippen molar-refractivity contribution < 1.29 is 0 Å². The van der Waals surface area contributed by atoms with Crippen molar-refractivity contribution in [3.63, 3.8) is 0 Å². The molecule has 3 nitrogen and oxygen atoms in total. The van der Waals surface area contributed by atoms with E-state index in [2.05, 4.69) is 34.3 Å². The van der Waals surface area contributed by atoms with Crippen LogP contribution in [0.4, 0.5) is 5.69 Å². The molecule has 0 atom stereocenters. The van der Waals surface area contributed by atoms with E-state index in [0.29, 0.717) is 0 Å². The number of hydrogen-bond acceptors (Lipinski definition) is 3. The van der Waals surface area contributed by atoms with Crippen molar-refractivity contribution in [2.75, 3.05) is 33.1 Å². The van der Waals surface area contributed by atoms with Gasteiger partial charge in [-0.25, -0.2) is 0 Å². The molecule has 0 aromatic heterocycles. The Morgan fingerprint density at radius 3 is 1.93 bits per heavy atom. The number of nitrogens with zero attached hydrogens (tertiary/aromatic N) is 3. The Hall–Kier alpha value is -1.51. The minimum Gasteiger partial charge on any atom is -0.378 e. The van der Waals surface area contributed by atoms with E-state index in [-0.39, 0.29) is 0 Å². The summed E-state index contributed by atoms with van der Waals surface area (Å²) in [5, 5.41) is 6.17. The third-order valence-electron chi connectivity index (χ3n) is 2.15. The molecule has 1 rings (SSSR count). The van der Waals surface area contributed by atoms with Gasteiger partial charge in [0.05, 0.1) is 5.71 Å². The van der Waals surface area contributed by atoms with Gasteiger partial charge in [-0.3, -0.25) is 0 Å². The smallest absolute Gasteiger partial charge is 0.0646 e. The summed E-state index contributed by atoms with van der Waals surface area (Å²) in [6, 6.07) is 8.39. The van der Waals surface area contributed by atoms with Gasteiger partial charge in [0.1, 0.15) is 0 Å². The van der Waals surface area contributed by atoms with Gasteiger partial charge in [0, 0.05) is 33.9 Å². The summed E-state index contributed by atoms with van der Waals surface area (Å²) in [4.78, 5) is 2.09. The highest BCUT2D eigenvalue weighted by Gasteiger charge is 1.99. The lowest BCUT2D eigenvalue weighted by Crippen LogP contribution is -2.09. The van der Waals surface area contributed by atoms with Crippen LogP contribution in [0.2, 0.25) is 0 Å².